The van der Waals surface area contributed by atoms with Gasteiger partial charge in [0.1, 0.15) is 0 Å². The van der Waals surface area contributed by atoms with Crippen LogP contribution in [0.4, 0.5) is 0 Å². The lowest BCUT2D eigenvalue weighted by Crippen LogP contribution is -2.46. The SMILES string of the molecule is CC(C)(C)[C@@H](CO)NC(=O)c1cc2ncc1CCCCCCCCCC2. The summed E-state index contributed by atoms with van der Waals surface area (Å²) in [5.74, 6) is -0.0790. The van der Waals surface area contributed by atoms with Crippen molar-refractivity contribution in [3.63, 3.8) is 0 Å². The third kappa shape index (κ3) is 6.39. The Bertz CT molecular complexity index is 578. The second-order valence-corrected chi connectivity index (χ2v) is 8.74. The topological polar surface area (TPSA) is 62.2 Å². The monoisotopic (exact) mass is 360 g/mol. The molecule has 0 spiro atoms. The molecule has 0 saturated carbocycles. The third-order valence-corrected chi connectivity index (χ3v) is 5.45. The van der Waals surface area contributed by atoms with Crippen LogP contribution in [0.3, 0.4) is 0 Å². The zero-order chi connectivity index (χ0) is 19.0. The van der Waals surface area contributed by atoms with Gasteiger partial charge < -0.3 is 10.4 Å². The largest absolute Gasteiger partial charge is 0.394 e. The molecule has 2 aliphatic rings. The van der Waals surface area contributed by atoms with Gasteiger partial charge in [0, 0.05) is 17.5 Å². The summed E-state index contributed by atoms with van der Waals surface area (Å²) < 4.78 is 0. The minimum atomic E-state index is -0.259. The summed E-state index contributed by atoms with van der Waals surface area (Å²) in [7, 11) is 0. The summed E-state index contributed by atoms with van der Waals surface area (Å²) in [5, 5.41) is 12.7. The maximum Gasteiger partial charge on any atom is 0.251 e. The maximum atomic E-state index is 13.0. The van der Waals surface area contributed by atoms with E-state index < -0.39 is 0 Å². The summed E-state index contributed by atoms with van der Waals surface area (Å²) in [4.78, 5) is 17.6. The van der Waals surface area contributed by atoms with E-state index in [2.05, 4.69) is 10.3 Å². The number of aliphatic hydroxyl groups is 1. The molecule has 2 N–H and O–H groups in total. The highest BCUT2D eigenvalue weighted by Crippen LogP contribution is 2.21. The summed E-state index contributed by atoms with van der Waals surface area (Å²) in [6.07, 6.45) is 13.7. The summed E-state index contributed by atoms with van der Waals surface area (Å²) in [6.45, 7) is 6.05. The molecule has 26 heavy (non-hydrogen) atoms. The fraction of sp³-hybridized carbons (Fsp3) is 0.727. The summed E-state index contributed by atoms with van der Waals surface area (Å²) in [5.41, 5.74) is 2.60. The molecule has 0 unspecified atom stereocenters. The molecule has 0 saturated heterocycles. The Morgan fingerprint density at radius 1 is 1.08 bits per heavy atom. The molecule has 0 fully saturated rings. The van der Waals surface area contributed by atoms with Gasteiger partial charge in [-0.25, -0.2) is 0 Å². The van der Waals surface area contributed by atoms with Crippen LogP contribution in [0.2, 0.25) is 0 Å². The number of nitrogens with zero attached hydrogens (tertiary/aromatic N) is 1. The smallest absolute Gasteiger partial charge is 0.251 e. The number of rotatable bonds is 3. The molecule has 1 atom stereocenters. The highest BCUT2D eigenvalue weighted by molar-refractivity contribution is 5.96. The van der Waals surface area contributed by atoms with Crippen molar-refractivity contribution in [2.24, 2.45) is 5.41 Å². The highest BCUT2D eigenvalue weighted by atomic mass is 16.3. The van der Waals surface area contributed by atoms with Crippen LogP contribution in [-0.4, -0.2) is 28.6 Å². The number of pyridine rings is 1. The molecule has 146 valence electrons. The Kier molecular flexibility index (Phi) is 8.08. The van der Waals surface area contributed by atoms with Gasteiger partial charge in [0.05, 0.1) is 12.6 Å². The first kappa shape index (κ1) is 20.9. The van der Waals surface area contributed by atoms with E-state index in [0.29, 0.717) is 0 Å². The zero-order valence-corrected chi connectivity index (χ0v) is 16.8. The number of carbonyl (C=O) groups is 1. The Balaban J connectivity index is 2.20. The Labute approximate surface area is 158 Å². The average molecular weight is 361 g/mol. The third-order valence-electron chi connectivity index (χ3n) is 5.45. The number of aliphatic hydroxyl groups excluding tert-OH is 1. The average Bonchev–Trinajstić information content (AvgIpc) is 2.60. The first-order valence-electron chi connectivity index (χ1n) is 10.3. The van der Waals surface area contributed by atoms with Gasteiger partial charge in [-0.05, 0) is 42.7 Å². The fourth-order valence-corrected chi connectivity index (χ4v) is 3.53. The number of hydrogen-bond donors (Lipinski definition) is 2. The van der Waals surface area contributed by atoms with E-state index in [0.717, 1.165) is 42.5 Å². The van der Waals surface area contributed by atoms with Gasteiger partial charge in [-0.15, -0.1) is 0 Å². The van der Waals surface area contributed by atoms with Crippen LogP contribution in [0.1, 0.15) is 93.8 Å². The predicted molar refractivity (Wildman–Crippen MR) is 106 cm³/mol. The van der Waals surface area contributed by atoms with Crippen LogP contribution in [0.5, 0.6) is 0 Å². The summed E-state index contributed by atoms with van der Waals surface area (Å²) >= 11 is 0. The molecule has 4 nitrogen and oxygen atoms in total. The molecule has 1 aromatic rings. The van der Waals surface area contributed by atoms with Gasteiger partial charge in [0.15, 0.2) is 0 Å². The molecular formula is C22H36N2O2. The number of aryl methyl sites for hydroxylation is 2. The van der Waals surface area contributed by atoms with Crippen LogP contribution in [0.25, 0.3) is 0 Å². The summed E-state index contributed by atoms with van der Waals surface area (Å²) in [6, 6.07) is 1.72. The molecule has 3 rings (SSSR count). The number of carbonyl (C=O) groups excluding carboxylic acids is 1. The maximum absolute atomic E-state index is 13.0. The number of aromatic nitrogens is 1. The fourth-order valence-electron chi connectivity index (χ4n) is 3.53. The molecule has 1 amide bonds. The van der Waals surface area contributed by atoms with Crippen molar-refractivity contribution in [2.75, 3.05) is 6.61 Å². The van der Waals surface area contributed by atoms with E-state index in [9.17, 15) is 9.90 Å². The van der Waals surface area contributed by atoms with Crippen LogP contribution < -0.4 is 5.32 Å². The van der Waals surface area contributed by atoms with Crippen molar-refractivity contribution in [1.82, 2.24) is 10.3 Å². The minimum absolute atomic E-state index is 0.0531. The molecule has 0 aromatic carbocycles. The Hall–Kier alpha value is -1.42. The zero-order valence-electron chi connectivity index (χ0n) is 16.8. The molecule has 2 bridgehead atoms. The van der Waals surface area contributed by atoms with Crippen LogP contribution >= 0.6 is 0 Å². The van der Waals surface area contributed by atoms with Gasteiger partial charge in [0.2, 0.25) is 0 Å². The van der Waals surface area contributed by atoms with E-state index in [1.165, 1.54) is 38.5 Å². The van der Waals surface area contributed by atoms with Crippen molar-refractivity contribution in [1.29, 1.82) is 0 Å². The lowest BCUT2D eigenvalue weighted by atomic mass is 9.87. The van der Waals surface area contributed by atoms with E-state index in [1.54, 1.807) is 0 Å². The standard InChI is InChI=1S/C22H36N2O2/c1-22(2,3)20(16-25)24-21(26)19-14-18-13-11-9-7-5-4-6-8-10-12-17(19)15-23-18/h14-15,20,25H,4-13,16H2,1-3H3,(H,24,26)/t20-/m1/s1. The molecule has 1 aliphatic heterocycles. The Morgan fingerprint density at radius 2 is 1.65 bits per heavy atom. The van der Waals surface area contributed by atoms with E-state index >= 15 is 0 Å². The van der Waals surface area contributed by atoms with Crippen molar-refractivity contribution in [2.45, 2.75) is 91.0 Å². The molecular weight excluding hydrogens is 324 g/mol. The lowest BCUT2D eigenvalue weighted by molar-refractivity contribution is 0.0847. The number of amides is 1. The van der Waals surface area contributed by atoms with Gasteiger partial charge >= 0.3 is 0 Å². The normalized spacial score (nSPS) is 18.2. The molecule has 2 heterocycles. The number of fused-ring (bicyclic) bond motifs is 11. The highest BCUT2D eigenvalue weighted by Gasteiger charge is 2.26. The van der Waals surface area contributed by atoms with E-state index in [-0.39, 0.29) is 24.0 Å². The predicted octanol–water partition coefficient (Wildman–Crippen LogP) is 4.44. The molecule has 0 radical (unpaired) electrons. The van der Waals surface area contributed by atoms with Crippen molar-refractivity contribution < 1.29 is 9.90 Å². The molecule has 1 aliphatic carbocycles. The van der Waals surface area contributed by atoms with Crippen molar-refractivity contribution in [3.05, 3.63) is 29.1 Å². The van der Waals surface area contributed by atoms with E-state index in [4.69, 9.17) is 0 Å². The second-order valence-electron chi connectivity index (χ2n) is 8.74. The number of nitrogens with one attached hydrogen (secondary N) is 1. The van der Waals surface area contributed by atoms with Gasteiger partial charge in [-0.1, -0.05) is 59.3 Å². The Morgan fingerprint density at radius 3 is 2.23 bits per heavy atom. The number of hydrogen-bond acceptors (Lipinski definition) is 3. The molecule has 4 heteroatoms. The quantitative estimate of drug-likeness (QED) is 0.838. The van der Waals surface area contributed by atoms with Crippen LogP contribution in [0, 0.1) is 5.41 Å². The first-order chi connectivity index (χ1) is 12.4. The van der Waals surface area contributed by atoms with E-state index in [1.807, 2.05) is 33.0 Å². The van der Waals surface area contributed by atoms with Gasteiger partial charge in [-0.2, -0.15) is 0 Å². The minimum Gasteiger partial charge on any atom is -0.394 e. The van der Waals surface area contributed by atoms with Crippen LogP contribution in [0.15, 0.2) is 12.3 Å². The van der Waals surface area contributed by atoms with Crippen LogP contribution in [-0.2, 0) is 12.8 Å². The van der Waals surface area contributed by atoms with Crippen molar-refractivity contribution in [3.8, 4) is 0 Å². The lowest BCUT2D eigenvalue weighted by Gasteiger charge is -2.30. The van der Waals surface area contributed by atoms with Gasteiger partial charge in [-0.3, -0.25) is 9.78 Å². The van der Waals surface area contributed by atoms with Crippen molar-refractivity contribution >= 4 is 5.91 Å². The molecule has 1 aromatic heterocycles. The van der Waals surface area contributed by atoms with Gasteiger partial charge in [0.25, 0.3) is 5.91 Å². The first-order valence-corrected chi connectivity index (χ1v) is 10.3. The second kappa shape index (κ2) is 10.1.